The molecule has 2 aromatic heterocycles. The van der Waals surface area contributed by atoms with E-state index in [-0.39, 0.29) is 11.3 Å². The number of hydrogen-bond acceptors (Lipinski definition) is 9. The van der Waals surface area contributed by atoms with Crippen molar-refractivity contribution in [1.29, 1.82) is 0 Å². The number of aromatic nitrogens is 4. The van der Waals surface area contributed by atoms with Crippen molar-refractivity contribution in [3.8, 4) is 17.2 Å². The fourth-order valence-corrected chi connectivity index (χ4v) is 10.3. The van der Waals surface area contributed by atoms with Crippen LogP contribution in [0.1, 0.15) is 13.8 Å². The van der Waals surface area contributed by atoms with Crippen LogP contribution in [0.3, 0.4) is 0 Å². The number of rotatable bonds is 13. The summed E-state index contributed by atoms with van der Waals surface area (Å²) in [6.07, 6.45) is 1.50. The molecule has 6 rings (SSSR count). The zero-order valence-electron chi connectivity index (χ0n) is 28.0. The Labute approximate surface area is 288 Å². The van der Waals surface area contributed by atoms with Gasteiger partial charge in [-0.25, -0.2) is 23.9 Å². The van der Waals surface area contributed by atoms with Gasteiger partial charge in [-0.05, 0) is 13.8 Å². The molecule has 1 atom stereocenters. The van der Waals surface area contributed by atoms with E-state index in [1.54, 1.807) is 12.1 Å². The molecule has 0 saturated carbocycles. The molecule has 0 saturated heterocycles. The molecule has 0 aliphatic rings. The lowest BCUT2D eigenvalue weighted by Gasteiger charge is -2.26. The van der Waals surface area contributed by atoms with Crippen LogP contribution in [0, 0.1) is 0 Å². The molecule has 6 aromatic rings. The summed E-state index contributed by atoms with van der Waals surface area (Å²) in [5, 5.41) is 3.46. The van der Waals surface area contributed by atoms with Gasteiger partial charge in [-0.2, -0.15) is 0 Å². The Morgan fingerprint density at radius 1 is 0.776 bits per heavy atom. The standard InChI is InChI=1S/C37H38N5O5PS/c1-26(2)47-22-21-42-36-33(40-37(42)49(43)30-23-31(44-3)34(46-5)32(24-30)45-4)35(38-25-39-36)41-48(27-15-9-6-10-16-27,28-17-11-7-12-18-28)29-19-13-8-14-20-29/h6-20,23-26H,21-22H2,1-5H3. The first-order chi connectivity index (χ1) is 23.9. The summed E-state index contributed by atoms with van der Waals surface area (Å²) in [5.74, 6) is 1.57. The Bertz CT molecular complexity index is 2000. The van der Waals surface area contributed by atoms with Gasteiger partial charge in [-0.15, -0.1) is 0 Å². The Kier molecular flexibility index (Phi) is 10.5. The molecule has 2 heterocycles. The van der Waals surface area contributed by atoms with E-state index in [0.29, 0.717) is 52.3 Å². The van der Waals surface area contributed by atoms with E-state index in [1.807, 2.05) is 73.0 Å². The first-order valence-corrected chi connectivity index (χ1v) is 18.6. The number of ether oxygens (including phenoxy) is 4. The van der Waals surface area contributed by atoms with E-state index in [2.05, 4.69) is 41.4 Å². The average molecular weight is 696 g/mol. The Morgan fingerprint density at radius 3 is 1.78 bits per heavy atom. The summed E-state index contributed by atoms with van der Waals surface area (Å²) in [4.78, 5) is 14.8. The lowest BCUT2D eigenvalue weighted by Crippen LogP contribution is -2.25. The Hall–Kier alpha value is -4.83. The second-order valence-electron chi connectivity index (χ2n) is 11.2. The molecule has 4 aromatic carbocycles. The lowest BCUT2D eigenvalue weighted by molar-refractivity contribution is 0.0720. The summed E-state index contributed by atoms with van der Waals surface area (Å²) in [6.45, 7) is 4.65. The minimum atomic E-state index is -2.69. The molecule has 0 bridgehead atoms. The van der Waals surface area contributed by atoms with Crippen molar-refractivity contribution in [2.24, 2.45) is 4.74 Å². The van der Waals surface area contributed by atoms with Crippen LogP contribution in [0.25, 0.3) is 11.2 Å². The molecule has 0 spiro atoms. The van der Waals surface area contributed by atoms with Crippen LogP contribution in [-0.2, 0) is 22.1 Å². The number of methoxy groups -OCH3 is 3. The molecule has 0 N–H and O–H groups in total. The van der Waals surface area contributed by atoms with E-state index >= 15 is 0 Å². The predicted molar refractivity (Wildman–Crippen MR) is 194 cm³/mol. The fraction of sp³-hybridized carbons (Fsp3) is 0.216. The van der Waals surface area contributed by atoms with E-state index in [1.165, 1.54) is 27.7 Å². The van der Waals surface area contributed by atoms with Crippen molar-refractivity contribution in [2.75, 3.05) is 27.9 Å². The molecule has 0 amide bonds. The minimum absolute atomic E-state index is 0.00654. The van der Waals surface area contributed by atoms with Crippen LogP contribution < -0.4 is 30.1 Å². The van der Waals surface area contributed by atoms with Crippen molar-refractivity contribution < 1.29 is 23.2 Å². The van der Waals surface area contributed by atoms with Gasteiger partial charge in [0.15, 0.2) is 28.5 Å². The molecule has 49 heavy (non-hydrogen) atoms. The Balaban J connectivity index is 1.64. The van der Waals surface area contributed by atoms with Gasteiger partial charge in [0.05, 0.1) is 52.5 Å². The summed E-state index contributed by atoms with van der Waals surface area (Å²) in [5.41, 5.74) is 0.944. The number of fused-ring (bicyclic) bond motifs is 1. The Morgan fingerprint density at radius 2 is 1.31 bits per heavy atom. The monoisotopic (exact) mass is 695 g/mol. The fourth-order valence-electron chi connectivity index (χ4n) is 5.66. The van der Waals surface area contributed by atoms with Gasteiger partial charge in [0, 0.05) is 28.0 Å². The summed E-state index contributed by atoms with van der Waals surface area (Å²) in [6, 6.07) is 34.2. The first kappa shape index (κ1) is 34.0. The van der Waals surface area contributed by atoms with Crippen LogP contribution in [0.4, 0.5) is 5.82 Å². The van der Waals surface area contributed by atoms with E-state index < -0.39 is 17.9 Å². The van der Waals surface area contributed by atoms with Crippen molar-refractivity contribution in [1.82, 2.24) is 19.5 Å². The molecule has 252 valence electrons. The highest BCUT2D eigenvalue weighted by Gasteiger charge is 2.30. The van der Waals surface area contributed by atoms with Crippen LogP contribution in [0.15, 0.2) is 124 Å². The van der Waals surface area contributed by atoms with Crippen molar-refractivity contribution in [2.45, 2.75) is 36.5 Å². The smallest absolute Gasteiger partial charge is 0.206 e. The van der Waals surface area contributed by atoms with Crippen molar-refractivity contribution in [3.63, 3.8) is 0 Å². The second-order valence-corrected chi connectivity index (χ2v) is 15.6. The highest BCUT2D eigenvalue weighted by Crippen LogP contribution is 2.49. The quantitative estimate of drug-likeness (QED) is 0.131. The number of nitrogens with zero attached hydrogens (tertiary/aromatic N) is 5. The lowest BCUT2D eigenvalue weighted by atomic mass is 10.3. The summed E-state index contributed by atoms with van der Waals surface area (Å²) < 4.78 is 44.5. The number of benzene rings is 4. The second kappa shape index (κ2) is 15.2. The van der Waals surface area contributed by atoms with Crippen LogP contribution in [-0.4, -0.2) is 57.8 Å². The van der Waals surface area contributed by atoms with Gasteiger partial charge >= 0.3 is 0 Å². The van der Waals surface area contributed by atoms with Crippen molar-refractivity contribution >= 4 is 50.7 Å². The molecule has 0 aliphatic heterocycles. The van der Waals surface area contributed by atoms with Crippen LogP contribution >= 0.6 is 7.05 Å². The van der Waals surface area contributed by atoms with Gasteiger partial charge in [0.2, 0.25) is 10.9 Å². The first-order valence-electron chi connectivity index (χ1n) is 15.7. The molecular formula is C37H38N5O5PS. The zero-order valence-corrected chi connectivity index (χ0v) is 29.7. The number of hydrogen-bond donors (Lipinski definition) is 0. The van der Waals surface area contributed by atoms with Crippen molar-refractivity contribution in [3.05, 3.63) is 109 Å². The van der Waals surface area contributed by atoms with Gasteiger partial charge in [-0.3, -0.25) is 4.57 Å². The maximum Gasteiger partial charge on any atom is 0.206 e. The summed E-state index contributed by atoms with van der Waals surface area (Å²) >= 11 is 0. The topological polar surface area (TPSA) is 110 Å². The van der Waals surface area contributed by atoms with Gasteiger partial charge < -0.3 is 18.9 Å². The van der Waals surface area contributed by atoms with E-state index in [9.17, 15) is 4.21 Å². The molecular weight excluding hydrogens is 657 g/mol. The molecule has 0 fully saturated rings. The highest BCUT2D eigenvalue weighted by molar-refractivity contribution is 7.87. The van der Waals surface area contributed by atoms with Gasteiger partial charge in [-0.1, -0.05) is 91.0 Å². The third kappa shape index (κ3) is 6.74. The molecule has 1 unspecified atom stereocenters. The van der Waals surface area contributed by atoms with Crippen LogP contribution in [0.5, 0.6) is 17.2 Å². The SMILES string of the molecule is COc1cc(S(=O)c2nc3c(N=P(c4ccccc4)(c4ccccc4)c4ccccc4)ncnc3n2CCOC(C)C)cc(OC)c1OC. The maximum absolute atomic E-state index is 14.5. The minimum Gasteiger partial charge on any atom is -0.493 e. The van der Waals surface area contributed by atoms with E-state index in [4.69, 9.17) is 33.7 Å². The maximum atomic E-state index is 14.5. The predicted octanol–water partition coefficient (Wildman–Crippen LogP) is 6.25. The van der Waals surface area contributed by atoms with E-state index in [0.717, 1.165) is 15.9 Å². The third-order valence-corrected chi connectivity index (χ3v) is 12.8. The molecule has 0 radical (unpaired) electrons. The third-order valence-electron chi connectivity index (χ3n) is 7.90. The average Bonchev–Trinajstić information content (AvgIpc) is 3.52. The van der Waals surface area contributed by atoms with Gasteiger partial charge in [0.1, 0.15) is 17.1 Å². The molecule has 0 aliphatic carbocycles. The zero-order chi connectivity index (χ0) is 34.4. The number of imidazole rings is 1. The molecule has 12 heteroatoms. The molecule has 10 nitrogen and oxygen atoms in total. The largest absolute Gasteiger partial charge is 0.493 e. The summed E-state index contributed by atoms with van der Waals surface area (Å²) in [7, 11) is 0.0761. The highest BCUT2D eigenvalue weighted by atomic mass is 32.2. The van der Waals surface area contributed by atoms with Crippen LogP contribution in [0.2, 0.25) is 0 Å². The normalized spacial score (nSPS) is 12.2. The van der Waals surface area contributed by atoms with Gasteiger partial charge in [0.25, 0.3) is 0 Å².